The number of likely N-dealkylation sites (N-methyl/N-ethyl adjacent to an activating group) is 1. The number of halogens is 3. The molecule has 22 heavy (non-hydrogen) atoms. The summed E-state index contributed by atoms with van der Waals surface area (Å²) in [6, 6.07) is 14.1. The van der Waals surface area contributed by atoms with Crippen LogP contribution in [0.4, 0.5) is 13.2 Å². The summed E-state index contributed by atoms with van der Waals surface area (Å²) < 4.78 is 43.4. The predicted molar refractivity (Wildman–Crippen MR) is 80.4 cm³/mol. The summed E-state index contributed by atoms with van der Waals surface area (Å²) in [5.74, 6) is 0.953. The highest BCUT2D eigenvalue weighted by molar-refractivity contribution is 5.62. The summed E-state index contributed by atoms with van der Waals surface area (Å²) in [5.41, 5.74) is 0.165. The van der Waals surface area contributed by atoms with Crippen LogP contribution in [0, 0.1) is 0 Å². The molecule has 0 aliphatic heterocycles. The molecule has 1 N–H and O–H groups in total. The van der Waals surface area contributed by atoms with Crippen molar-refractivity contribution in [1.29, 1.82) is 0 Å². The molecular weight excluding hydrogens is 291 g/mol. The van der Waals surface area contributed by atoms with Crippen LogP contribution in [0.25, 0.3) is 5.76 Å². The monoisotopic (exact) mass is 307 g/mol. The Morgan fingerprint density at radius 1 is 1.05 bits per heavy atom. The summed E-state index contributed by atoms with van der Waals surface area (Å²) in [6.45, 7) is 0.588. The first-order chi connectivity index (χ1) is 10.5. The van der Waals surface area contributed by atoms with Crippen LogP contribution in [0.5, 0.6) is 5.75 Å². The smallest absolute Gasteiger partial charge is 0.416 e. The average molecular weight is 307 g/mol. The van der Waals surface area contributed by atoms with E-state index in [0.717, 1.165) is 17.7 Å². The average Bonchev–Trinajstić information content (AvgIpc) is 2.52. The predicted octanol–water partition coefficient (Wildman–Crippen LogP) is 4.34. The second-order valence-electron chi connectivity index (χ2n) is 4.62. The van der Waals surface area contributed by atoms with Crippen LogP contribution in [0.1, 0.15) is 11.1 Å². The third-order valence-corrected chi connectivity index (χ3v) is 2.96. The standard InChI is InChI=1S/C17H16F3NO/c1-21-12-11-16(13-5-3-2-4-6-13)22-15-9-7-14(8-10-15)17(18,19)20/h2-11,21H,12H2,1H3/b16-11-. The maximum Gasteiger partial charge on any atom is 0.416 e. The zero-order valence-electron chi connectivity index (χ0n) is 12.0. The summed E-state index contributed by atoms with van der Waals surface area (Å²) in [4.78, 5) is 0. The number of alkyl halides is 3. The lowest BCUT2D eigenvalue weighted by Crippen LogP contribution is -2.07. The molecule has 0 unspecified atom stereocenters. The van der Waals surface area contributed by atoms with Gasteiger partial charge in [-0.25, -0.2) is 0 Å². The van der Waals surface area contributed by atoms with Crippen molar-refractivity contribution in [3.05, 3.63) is 71.8 Å². The van der Waals surface area contributed by atoms with Crippen molar-refractivity contribution < 1.29 is 17.9 Å². The molecule has 0 aliphatic carbocycles. The van der Waals surface area contributed by atoms with Crippen molar-refractivity contribution in [1.82, 2.24) is 5.32 Å². The van der Waals surface area contributed by atoms with Crippen LogP contribution in [0.15, 0.2) is 60.7 Å². The highest BCUT2D eigenvalue weighted by Crippen LogP contribution is 2.31. The van der Waals surface area contributed by atoms with Gasteiger partial charge in [0.1, 0.15) is 11.5 Å². The Morgan fingerprint density at radius 2 is 1.68 bits per heavy atom. The van der Waals surface area contributed by atoms with Gasteiger partial charge in [-0.1, -0.05) is 30.3 Å². The van der Waals surface area contributed by atoms with Gasteiger partial charge in [0.05, 0.1) is 5.56 Å². The van der Waals surface area contributed by atoms with E-state index in [2.05, 4.69) is 5.32 Å². The molecule has 2 aromatic carbocycles. The lowest BCUT2D eigenvalue weighted by atomic mass is 10.1. The molecule has 2 aromatic rings. The number of hydrogen-bond donors (Lipinski definition) is 1. The molecule has 0 spiro atoms. The first-order valence-electron chi connectivity index (χ1n) is 6.76. The molecule has 0 saturated carbocycles. The Morgan fingerprint density at radius 3 is 2.23 bits per heavy atom. The fraction of sp³-hybridized carbons (Fsp3) is 0.176. The number of rotatable bonds is 5. The van der Waals surface area contributed by atoms with E-state index in [-0.39, 0.29) is 0 Å². The molecule has 5 heteroatoms. The fourth-order valence-electron chi connectivity index (χ4n) is 1.85. The maximum atomic E-state index is 12.6. The topological polar surface area (TPSA) is 21.3 Å². The van der Waals surface area contributed by atoms with Crippen LogP contribution in [-0.2, 0) is 6.18 Å². The van der Waals surface area contributed by atoms with Gasteiger partial charge in [-0.2, -0.15) is 13.2 Å². The Labute approximate surface area is 127 Å². The zero-order valence-corrected chi connectivity index (χ0v) is 12.0. The Balaban J connectivity index is 2.21. The van der Waals surface area contributed by atoms with Crippen molar-refractivity contribution in [2.24, 2.45) is 0 Å². The molecule has 0 heterocycles. The van der Waals surface area contributed by atoms with Crippen molar-refractivity contribution in [3.8, 4) is 5.75 Å². The number of nitrogens with one attached hydrogen (secondary N) is 1. The van der Waals surface area contributed by atoms with Gasteiger partial charge in [0.15, 0.2) is 0 Å². The van der Waals surface area contributed by atoms with Gasteiger partial charge in [0.2, 0.25) is 0 Å². The van der Waals surface area contributed by atoms with Crippen molar-refractivity contribution >= 4 is 5.76 Å². The summed E-state index contributed by atoms with van der Waals surface area (Å²) in [7, 11) is 1.80. The van der Waals surface area contributed by atoms with Crippen molar-refractivity contribution in [2.75, 3.05) is 13.6 Å². The molecule has 0 bridgehead atoms. The minimum Gasteiger partial charge on any atom is -0.457 e. The molecule has 2 rings (SSSR count). The normalized spacial score (nSPS) is 12.3. The number of hydrogen-bond acceptors (Lipinski definition) is 2. The van der Waals surface area contributed by atoms with Gasteiger partial charge in [-0.3, -0.25) is 0 Å². The molecule has 0 amide bonds. The van der Waals surface area contributed by atoms with E-state index < -0.39 is 11.7 Å². The van der Waals surface area contributed by atoms with Crippen LogP contribution in [0.3, 0.4) is 0 Å². The van der Waals surface area contributed by atoms with Crippen LogP contribution in [0.2, 0.25) is 0 Å². The van der Waals surface area contributed by atoms with Gasteiger partial charge < -0.3 is 10.1 Å². The van der Waals surface area contributed by atoms with Gasteiger partial charge in [-0.05, 0) is 37.4 Å². The first-order valence-corrected chi connectivity index (χ1v) is 6.76. The molecular formula is C17H16F3NO. The number of ether oxygens (including phenoxy) is 1. The largest absolute Gasteiger partial charge is 0.457 e. The molecule has 0 radical (unpaired) electrons. The van der Waals surface area contributed by atoms with Crippen LogP contribution < -0.4 is 10.1 Å². The molecule has 0 aromatic heterocycles. The van der Waals surface area contributed by atoms with Crippen LogP contribution >= 0.6 is 0 Å². The molecule has 0 aliphatic rings. The third-order valence-electron chi connectivity index (χ3n) is 2.96. The van der Waals surface area contributed by atoms with Gasteiger partial charge in [-0.15, -0.1) is 0 Å². The van der Waals surface area contributed by atoms with Gasteiger partial charge in [0.25, 0.3) is 0 Å². The van der Waals surface area contributed by atoms with Crippen molar-refractivity contribution in [2.45, 2.75) is 6.18 Å². The van der Waals surface area contributed by atoms with Crippen LogP contribution in [-0.4, -0.2) is 13.6 Å². The quantitative estimate of drug-likeness (QED) is 0.829. The second kappa shape index (κ2) is 7.13. The Bertz CT molecular complexity index is 619. The molecule has 116 valence electrons. The summed E-state index contributed by atoms with van der Waals surface area (Å²) in [6.07, 6.45) is -2.50. The minimum absolute atomic E-state index is 0.360. The highest BCUT2D eigenvalue weighted by Gasteiger charge is 2.30. The van der Waals surface area contributed by atoms with E-state index in [1.807, 2.05) is 36.4 Å². The fourth-order valence-corrected chi connectivity index (χ4v) is 1.85. The zero-order chi connectivity index (χ0) is 16.0. The highest BCUT2D eigenvalue weighted by atomic mass is 19.4. The van der Waals surface area contributed by atoms with E-state index in [1.165, 1.54) is 12.1 Å². The number of benzene rings is 2. The first kappa shape index (κ1) is 16.1. The SMILES string of the molecule is CNC/C=C(\Oc1ccc(C(F)(F)F)cc1)c1ccccc1. The van der Waals surface area contributed by atoms with E-state index in [0.29, 0.717) is 18.1 Å². The van der Waals surface area contributed by atoms with Gasteiger partial charge in [0, 0.05) is 12.1 Å². The lowest BCUT2D eigenvalue weighted by Gasteiger charge is -2.12. The lowest BCUT2D eigenvalue weighted by molar-refractivity contribution is -0.137. The van der Waals surface area contributed by atoms with Gasteiger partial charge >= 0.3 is 6.18 Å². The van der Waals surface area contributed by atoms with E-state index >= 15 is 0 Å². The Kier molecular flexibility index (Phi) is 5.22. The van der Waals surface area contributed by atoms with E-state index in [9.17, 15) is 13.2 Å². The molecule has 2 nitrogen and oxygen atoms in total. The van der Waals surface area contributed by atoms with Crippen molar-refractivity contribution in [3.63, 3.8) is 0 Å². The van der Waals surface area contributed by atoms with E-state index in [1.54, 1.807) is 7.05 Å². The molecule has 0 atom stereocenters. The summed E-state index contributed by atoms with van der Waals surface area (Å²) in [5, 5.41) is 2.98. The molecule has 0 saturated heterocycles. The third kappa shape index (κ3) is 4.36. The summed E-state index contributed by atoms with van der Waals surface area (Å²) >= 11 is 0. The molecule has 0 fully saturated rings. The Hall–Kier alpha value is -2.27. The van der Waals surface area contributed by atoms with E-state index in [4.69, 9.17) is 4.74 Å². The maximum absolute atomic E-state index is 12.6. The second-order valence-corrected chi connectivity index (χ2v) is 4.62. The minimum atomic E-state index is -4.34.